The first-order valence-corrected chi connectivity index (χ1v) is 9.31. The summed E-state index contributed by atoms with van der Waals surface area (Å²) in [5.74, 6) is -0.604. The lowest BCUT2D eigenvalue weighted by Gasteiger charge is -2.10. The molecule has 0 aromatic heterocycles. The summed E-state index contributed by atoms with van der Waals surface area (Å²) in [6, 6.07) is 12.9. The number of hydrogen-bond donors (Lipinski definition) is 3. The molecule has 0 aliphatic carbocycles. The first kappa shape index (κ1) is 18.8. The van der Waals surface area contributed by atoms with Gasteiger partial charge in [-0.2, -0.15) is 0 Å². The molecule has 2 aromatic rings. The molecule has 5 nitrogen and oxygen atoms in total. The normalized spacial score (nSPS) is 13.1. The highest BCUT2D eigenvalue weighted by Crippen LogP contribution is 2.25. The minimum Gasteiger partial charge on any atom is -0.393 e. The maximum absolute atomic E-state index is 12.6. The molecule has 0 spiro atoms. The van der Waals surface area contributed by atoms with Gasteiger partial charge in [0.05, 0.1) is 10.8 Å². The van der Waals surface area contributed by atoms with Gasteiger partial charge >= 0.3 is 0 Å². The summed E-state index contributed by atoms with van der Waals surface area (Å²) < 4.78 is 12.6. The Balaban J connectivity index is 2.24. The van der Waals surface area contributed by atoms with Crippen molar-refractivity contribution in [1.82, 2.24) is 0 Å². The average molecular weight is 402 g/mol. The smallest absolute Gasteiger partial charge is 0.273 e. The van der Waals surface area contributed by atoms with Crippen LogP contribution < -0.4 is 16.2 Å². The summed E-state index contributed by atoms with van der Waals surface area (Å²) in [4.78, 5) is 12.7. The second-order valence-corrected chi connectivity index (χ2v) is 7.70. The minimum atomic E-state index is -1.69. The van der Waals surface area contributed by atoms with Gasteiger partial charge in [0.2, 0.25) is 0 Å². The molecule has 0 radical (unpaired) electrons. The topological polar surface area (TPSA) is 98.2 Å². The predicted molar refractivity (Wildman–Crippen MR) is 101 cm³/mol. The molecule has 2 rings (SSSR count). The van der Waals surface area contributed by atoms with Crippen LogP contribution in [-0.2, 0) is 15.6 Å². The molecular formula is C15H13Cl2N3O2S2. The van der Waals surface area contributed by atoms with E-state index in [0.717, 1.165) is 0 Å². The van der Waals surface area contributed by atoms with Crippen LogP contribution in [0.2, 0.25) is 10.0 Å². The number of amides is 1. The number of anilines is 1. The van der Waals surface area contributed by atoms with E-state index < -0.39 is 16.7 Å². The highest BCUT2D eigenvalue weighted by molar-refractivity contribution is 8.15. The molecule has 0 saturated heterocycles. The second kappa shape index (κ2) is 8.55. The van der Waals surface area contributed by atoms with Gasteiger partial charge in [-0.05, 0) is 60.5 Å². The quantitative estimate of drug-likeness (QED) is 0.526. The van der Waals surface area contributed by atoms with E-state index >= 15 is 0 Å². The summed E-state index contributed by atoms with van der Waals surface area (Å²) in [7, 11) is -1.69. The van der Waals surface area contributed by atoms with Crippen LogP contribution in [0.3, 0.4) is 0 Å². The number of halogens is 2. The average Bonchev–Trinajstić information content (AvgIpc) is 2.58. The van der Waals surface area contributed by atoms with Gasteiger partial charge in [0.25, 0.3) is 5.91 Å². The zero-order valence-corrected chi connectivity index (χ0v) is 15.3. The van der Waals surface area contributed by atoms with Gasteiger partial charge in [0.1, 0.15) is 9.93 Å². The Morgan fingerprint density at radius 2 is 1.50 bits per heavy atom. The largest absolute Gasteiger partial charge is 0.393 e. The molecule has 24 heavy (non-hydrogen) atoms. The summed E-state index contributed by atoms with van der Waals surface area (Å²) in [5.41, 5.74) is 6.13. The Bertz CT molecular complexity index is 793. The Hall–Kier alpha value is -1.51. The van der Waals surface area contributed by atoms with E-state index in [2.05, 4.69) is 5.32 Å². The molecule has 126 valence electrons. The standard InChI is InChI=1S/C15H13Cl2N3O2S2/c16-9-1-5-11(6-2-9)20-14(21)13(18)15(23-19)24(22)12-7-3-10(17)4-8-12/h1-8H,18-19H2,(H,20,21)/b15-13+. The summed E-state index contributed by atoms with van der Waals surface area (Å²) >= 11 is 12.3. The molecule has 9 heteroatoms. The van der Waals surface area contributed by atoms with Crippen LogP contribution in [0.4, 0.5) is 5.69 Å². The first-order chi connectivity index (χ1) is 11.4. The van der Waals surface area contributed by atoms with E-state index in [9.17, 15) is 9.00 Å². The van der Waals surface area contributed by atoms with Gasteiger partial charge in [0, 0.05) is 20.6 Å². The number of carbonyl (C=O) groups excluding carboxylic acids is 1. The van der Waals surface area contributed by atoms with Gasteiger partial charge in [-0.3, -0.25) is 9.93 Å². The van der Waals surface area contributed by atoms with Crippen molar-refractivity contribution in [3.8, 4) is 0 Å². The lowest BCUT2D eigenvalue weighted by atomic mass is 10.3. The van der Waals surface area contributed by atoms with Crippen molar-refractivity contribution >= 4 is 57.5 Å². The van der Waals surface area contributed by atoms with Crippen molar-refractivity contribution in [2.75, 3.05) is 5.32 Å². The summed E-state index contributed by atoms with van der Waals surface area (Å²) in [5, 5.41) is 9.20. The molecule has 1 atom stereocenters. The number of nitrogens with one attached hydrogen (secondary N) is 1. The highest BCUT2D eigenvalue weighted by Gasteiger charge is 2.19. The predicted octanol–water partition coefficient (Wildman–Crippen LogP) is 3.47. The Labute approximate surface area is 156 Å². The molecule has 1 unspecified atom stereocenters. The van der Waals surface area contributed by atoms with Crippen LogP contribution in [0.1, 0.15) is 0 Å². The van der Waals surface area contributed by atoms with Crippen LogP contribution in [0.15, 0.2) is 63.4 Å². The van der Waals surface area contributed by atoms with E-state index in [1.54, 1.807) is 48.5 Å². The second-order valence-electron chi connectivity index (χ2n) is 4.50. The van der Waals surface area contributed by atoms with Crippen LogP contribution in [0, 0.1) is 0 Å². The van der Waals surface area contributed by atoms with Crippen molar-refractivity contribution in [1.29, 1.82) is 0 Å². The van der Waals surface area contributed by atoms with E-state index in [1.165, 1.54) is 0 Å². The van der Waals surface area contributed by atoms with Crippen molar-refractivity contribution in [3.05, 3.63) is 68.5 Å². The number of hydrogen-bond acceptors (Lipinski definition) is 5. The SMILES string of the molecule is NS/C(=C(\N)C(=O)Nc1ccc(Cl)cc1)S(=O)c1ccc(Cl)cc1. The summed E-state index contributed by atoms with van der Waals surface area (Å²) in [6.45, 7) is 0. The monoisotopic (exact) mass is 401 g/mol. The highest BCUT2D eigenvalue weighted by atomic mass is 35.5. The van der Waals surface area contributed by atoms with Gasteiger partial charge in [-0.25, -0.2) is 4.21 Å². The zero-order valence-electron chi connectivity index (χ0n) is 12.2. The summed E-state index contributed by atoms with van der Waals surface area (Å²) in [6.07, 6.45) is 0. The molecule has 0 aliphatic heterocycles. The molecule has 5 N–H and O–H groups in total. The molecule has 0 saturated carbocycles. The van der Waals surface area contributed by atoms with Gasteiger partial charge in [0.15, 0.2) is 0 Å². The van der Waals surface area contributed by atoms with Gasteiger partial charge < -0.3 is 11.1 Å². The lowest BCUT2D eigenvalue weighted by Crippen LogP contribution is -2.23. The van der Waals surface area contributed by atoms with Crippen molar-refractivity contribution in [2.45, 2.75) is 4.90 Å². The third-order valence-electron chi connectivity index (χ3n) is 2.87. The van der Waals surface area contributed by atoms with Crippen molar-refractivity contribution in [2.24, 2.45) is 10.9 Å². The van der Waals surface area contributed by atoms with Crippen molar-refractivity contribution < 1.29 is 9.00 Å². The van der Waals surface area contributed by atoms with E-state index in [4.69, 9.17) is 34.1 Å². The lowest BCUT2D eigenvalue weighted by molar-refractivity contribution is -0.112. The Kier molecular flexibility index (Phi) is 6.70. The number of carbonyl (C=O) groups is 1. The molecule has 0 aliphatic rings. The fourth-order valence-corrected chi connectivity index (χ4v) is 3.70. The minimum absolute atomic E-state index is 0.0591. The third kappa shape index (κ3) is 4.75. The molecule has 0 heterocycles. The molecule has 1 amide bonds. The number of nitrogens with two attached hydrogens (primary N) is 2. The van der Waals surface area contributed by atoms with Crippen molar-refractivity contribution in [3.63, 3.8) is 0 Å². The molecule has 0 bridgehead atoms. The molecule has 0 fully saturated rings. The van der Waals surface area contributed by atoms with Crippen LogP contribution in [0.25, 0.3) is 0 Å². The third-order valence-corrected chi connectivity index (χ3v) is 5.81. The molecular weight excluding hydrogens is 389 g/mol. The fraction of sp³-hybridized carbons (Fsp3) is 0. The van der Waals surface area contributed by atoms with Crippen LogP contribution in [0.5, 0.6) is 0 Å². The van der Waals surface area contributed by atoms with Crippen LogP contribution >= 0.6 is 35.1 Å². The van der Waals surface area contributed by atoms with E-state index in [0.29, 0.717) is 32.6 Å². The van der Waals surface area contributed by atoms with E-state index in [-0.39, 0.29) is 9.93 Å². The van der Waals surface area contributed by atoms with E-state index in [1.807, 2.05) is 0 Å². The maximum Gasteiger partial charge on any atom is 0.273 e. The fourth-order valence-electron chi connectivity index (χ4n) is 1.70. The Morgan fingerprint density at radius 1 is 1.00 bits per heavy atom. The number of rotatable bonds is 5. The first-order valence-electron chi connectivity index (χ1n) is 6.53. The number of benzene rings is 2. The maximum atomic E-state index is 12.6. The zero-order chi connectivity index (χ0) is 17.7. The van der Waals surface area contributed by atoms with Gasteiger partial charge in [-0.1, -0.05) is 23.2 Å². The Morgan fingerprint density at radius 3 is 2.00 bits per heavy atom. The van der Waals surface area contributed by atoms with Gasteiger partial charge in [-0.15, -0.1) is 0 Å². The van der Waals surface area contributed by atoms with Crippen LogP contribution in [-0.4, -0.2) is 10.1 Å². The molecule has 2 aromatic carbocycles.